The van der Waals surface area contributed by atoms with Gasteiger partial charge in [-0.2, -0.15) is 4.98 Å². The maximum Gasteiger partial charge on any atom is 0.243 e. The minimum Gasteiger partial charge on any atom is -0.370 e. The zero-order valence-corrected chi connectivity index (χ0v) is 12.9. The van der Waals surface area contributed by atoms with Crippen LogP contribution in [0.2, 0.25) is 0 Å². The molecule has 2 heterocycles. The average Bonchev–Trinajstić information content (AvgIpc) is 2.89. The minimum absolute atomic E-state index is 0.0684. The van der Waals surface area contributed by atoms with E-state index in [4.69, 9.17) is 10.5 Å². The van der Waals surface area contributed by atoms with Crippen LogP contribution < -0.4 is 16.4 Å². The second-order valence-corrected chi connectivity index (χ2v) is 5.49. The molecule has 0 unspecified atom stereocenters. The zero-order valence-electron chi connectivity index (χ0n) is 12.1. The van der Waals surface area contributed by atoms with Crippen LogP contribution in [-0.2, 0) is 16.0 Å². The Kier molecular flexibility index (Phi) is 5.29. The fourth-order valence-electron chi connectivity index (χ4n) is 1.81. The number of nitrogens with two attached hydrogens (primary N) is 1. The maximum atomic E-state index is 10.6. The molecule has 8 heteroatoms. The van der Waals surface area contributed by atoms with Gasteiger partial charge in [0.2, 0.25) is 11.9 Å². The number of nitrogens with zero attached hydrogens (tertiary/aromatic N) is 2. The Morgan fingerprint density at radius 3 is 2.95 bits per heavy atom. The second kappa shape index (κ2) is 7.19. The Morgan fingerprint density at radius 2 is 2.29 bits per heavy atom. The van der Waals surface area contributed by atoms with Crippen LogP contribution in [0.3, 0.4) is 0 Å². The Balaban J connectivity index is 2.09. The largest absolute Gasteiger partial charge is 0.370 e. The Morgan fingerprint density at radius 1 is 1.48 bits per heavy atom. The molecule has 1 amide bonds. The van der Waals surface area contributed by atoms with Crippen LogP contribution in [0.1, 0.15) is 11.8 Å². The fraction of sp³-hybridized carbons (Fsp3) is 0.462. The molecule has 4 N–H and O–H groups in total. The molecule has 0 radical (unpaired) electrons. The highest BCUT2D eigenvalue weighted by atomic mass is 32.1. The van der Waals surface area contributed by atoms with E-state index < -0.39 is 5.91 Å². The number of fused-ring (bicyclic) bond motifs is 1. The molecule has 0 bridgehead atoms. The predicted molar refractivity (Wildman–Crippen MR) is 84.8 cm³/mol. The lowest BCUT2D eigenvalue weighted by Gasteiger charge is -2.08. The van der Waals surface area contributed by atoms with Crippen LogP contribution in [0.25, 0.3) is 10.2 Å². The summed E-state index contributed by atoms with van der Waals surface area (Å²) < 4.78 is 5.12. The number of primary amides is 1. The molecule has 0 saturated carbocycles. The van der Waals surface area contributed by atoms with Crippen LogP contribution in [0.5, 0.6) is 0 Å². The average molecular weight is 309 g/mol. The molecular formula is C13H19N5O2S. The van der Waals surface area contributed by atoms with Crippen LogP contribution in [0, 0.1) is 0 Å². The lowest BCUT2D eigenvalue weighted by Crippen LogP contribution is -2.20. The monoisotopic (exact) mass is 309 g/mol. The SMILES string of the molecule is CCc1cc2c(NCCOCC(N)=O)nc(NC)nc2s1. The van der Waals surface area contributed by atoms with Gasteiger partial charge in [-0.15, -0.1) is 11.3 Å². The molecule has 0 atom stereocenters. The quantitative estimate of drug-likeness (QED) is 0.633. The number of anilines is 2. The Bertz CT molecular complexity index is 628. The van der Waals surface area contributed by atoms with E-state index in [1.807, 2.05) is 0 Å². The van der Waals surface area contributed by atoms with Gasteiger partial charge in [0.1, 0.15) is 17.3 Å². The summed E-state index contributed by atoms with van der Waals surface area (Å²) in [6, 6.07) is 2.10. The first-order valence-electron chi connectivity index (χ1n) is 6.72. The number of aromatic nitrogens is 2. The first-order valence-corrected chi connectivity index (χ1v) is 7.53. The van der Waals surface area contributed by atoms with Gasteiger partial charge in [-0.05, 0) is 12.5 Å². The molecule has 0 aliphatic rings. The summed E-state index contributed by atoms with van der Waals surface area (Å²) in [5.41, 5.74) is 5.00. The number of hydrogen-bond donors (Lipinski definition) is 3. The minimum atomic E-state index is -0.470. The number of nitrogens with one attached hydrogen (secondary N) is 2. The summed E-state index contributed by atoms with van der Waals surface area (Å²) in [5, 5.41) is 7.17. The van der Waals surface area contributed by atoms with Crippen molar-refractivity contribution in [2.24, 2.45) is 5.73 Å². The number of carbonyl (C=O) groups is 1. The second-order valence-electron chi connectivity index (χ2n) is 4.38. The van der Waals surface area contributed by atoms with Crippen molar-refractivity contribution >= 4 is 39.2 Å². The van der Waals surface area contributed by atoms with Gasteiger partial charge in [0.05, 0.1) is 12.0 Å². The van der Waals surface area contributed by atoms with E-state index in [9.17, 15) is 4.79 Å². The topological polar surface area (TPSA) is 102 Å². The predicted octanol–water partition coefficient (Wildman–Crippen LogP) is 1.21. The van der Waals surface area contributed by atoms with E-state index in [2.05, 4.69) is 33.6 Å². The number of rotatable bonds is 8. The molecule has 2 aromatic rings. The lowest BCUT2D eigenvalue weighted by atomic mass is 10.3. The van der Waals surface area contributed by atoms with Crippen molar-refractivity contribution in [3.8, 4) is 0 Å². The van der Waals surface area contributed by atoms with Crippen molar-refractivity contribution in [3.63, 3.8) is 0 Å². The summed E-state index contributed by atoms with van der Waals surface area (Å²) >= 11 is 1.67. The molecule has 0 aromatic carbocycles. The Hall–Kier alpha value is -1.93. The summed E-state index contributed by atoms with van der Waals surface area (Å²) in [7, 11) is 1.79. The van der Waals surface area contributed by atoms with Gasteiger partial charge in [-0.1, -0.05) is 6.92 Å². The summed E-state index contributed by atoms with van der Waals surface area (Å²) in [5.74, 6) is 0.873. The van der Waals surface area contributed by atoms with Crippen molar-refractivity contribution in [3.05, 3.63) is 10.9 Å². The van der Waals surface area contributed by atoms with E-state index in [1.54, 1.807) is 18.4 Å². The smallest absolute Gasteiger partial charge is 0.243 e. The van der Waals surface area contributed by atoms with E-state index in [1.165, 1.54) is 4.88 Å². The van der Waals surface area contributed by atoms with E-state index in [0.717, 1.165) is 22.5 Å². The first kappa shape index (κ1) is 15.5. The van der Waals surface area contributed by atoms with Crippen LogP contribution in [-0.4, -0.2) is 42.7 Å². The third kappa shape index (κ3) is 4.02. The van der Waals surface area contributed by atoms with Gasteiger partial charge in [-0.3, -0.25) is 4.79 Å². The molecule has 21 heavy (non-hydrogen) atoms. The van der Waals surface area contributed by atoms with Crippen LogP contribution in [0.15, 0.2) is 6.07 Å². The highest BCUT2D eigenvalue weighted by Crippen LogP contribution is 2.30. The maximum absolute atomic E-state index is 10.6. The normalized spacial score (nSPS) is 10.8. The molecule has 0 saturated heterocycles. The highest BCUT2D eigenvalue weighted by Gasteiger charge is 2.10. The summed E-state index contributed by atoms with van der Waals surface area (Å²) in [4.78, 5) is 21.7. The molecule has 0 fully saturated rings. The molecule has 0 aliphatic heterocycles. The van der Waals surface area contributed by atoms with Crippen molar-refractivity contribution in [1.29, 1.82) is 0 Å². The van der Waals surface area contributed by atoms with Crippen molar-refractivity contribution in [1.82, 2.24) is 9.97 Å². The van der Waals surface area contributed by atoms with Crippen LogP contribution in [0.4, 0.5) is 11.8 Å². The van der Waals surface area contributed by atoms with Gasteiger partial charge in [-0.25, -0.2) is 4.98 Å². The first-order chi connectivity index (χ1) is 10.1. The number of carbonyl (C=O) groups excluding carboxylic acids is 1. The fourth-order valence-corrected chi connectivity index (χ4v) is 2.77. The Labute approximate surface area is 126 Å². The van der Waals surface area contributed by atoms with Gasteiger partial charge >= 0.3 is 0 Å². The number of thiophene rings is 1. The molecular weight excluding hydrogens is 290 g/mol. The summed E-state index contributed by atoms with van der Waals surface area (Å²) in [6.07, 6.45) is 0.969. The van der Waals surface area contributed by atoms with Gasteiger partial charge in [0, 0.05) is 18.5 Å². The molecule has 7 nitrogen and oxygen atoms in total. The number of aryl methyl sites for hydroxylation is 1. The van der Waals surface area contributed by atoms with E-state index >= 15 is 0 Å². The summed E-state index contributed by atoms with van der Waals surface area (Å²) in [6.45, 7) is 2.97. The van der Waals surface area contributed by atoms with Gasteiger partial charge in [0.25, 0.3) is 0 Å². The number of ether oxygens (including phenoxy) is 1. The third-order valence-electron chi connectivity index (χ3n) is 2.80. The van der Waals surface area contributed by atoms with Crippen molar-refractivity contribution in [2.75, 3.05) is 37.4 Å². The number of hydrogen-bond acceptors (Lipinski definition) is 7. The zero-order chi connectivity index (χ0) is 15.2. The van der Waals surface area contributed by atoms with Gasteiger partial charge < -0.3 is 21.1 Å². The molecule has 0 aliphatic carbocycles. The molecule has 0 spiro atoms. The lowest BCUT2D eigenvalue weighted by molar-refractivity contribution is -0.122. The van der Waals surface area contributed by atoms with Crippen molar-refractivity contribution < 1.29 is 9.53 Å². The van der Waals surface area contributed by atoms with Gasteiger partial charge in [0.15, 0.2) is 0 Å². The molecule has 2 aromatic heterocycles. The highest BCUT2D eigenvalue weighted by molar-refractivity contribution is 7.18. The van der Waals surface area contributed by atoms with Crippen LogP contribution >= 0.6 is 11.3 Å². The number of amides is 1. The van der Waals surface area contributed by atoms with Crippen molar-refractivity contribution in [2.45, 2.75) is 13.3 Å². The molecule has 114 valence electrons. The van der Waals surface area contributed by atoms with E-state index in [-0.39, 0.29) is 6.61 Å². The third-order valence-corrected chi connectivity index (χ3v) is 3.97. The molecule has 2 rings (SSSR count). The standard InChI is InChI=1S/C13H19N5O2S/c1-3-8-6-9-11(16-4-5-20-7-10(14)19)17-13(15-2)18-12(9)21-8/h6H,3-5,7H2,1-2H3,(H2,14,19)(H2,15,16,17,18). The van der Waals surface area contributed by atoms with E-state index in [0.29, 0.717) is 19.1 Å².